The summed E-state index contributed by atoms with van der Waals surface area (Å²) in [6.07, 6.45) is 1.11. The fraction of sp³-hybridized carbons (Fsp3) is 0.267. The Morgan fingerprint density at radius 1 is 1.26 bits per heavy atom. The van der Waals surface area contributed by atoms with Gasteiger partial charge in [-0.1, -0.05) is 24.3 Å². The van der Waals surface area contributed by atoms with Gasteiger partial charge < -0.3 is 9.84 Å². The third-order valence-electron chi connectivity index (χ3n) is 2.59. The number of benzene rings is 1. The lowest BCUT2D eigenvalue weighted by Gasteiger charge is -2.13. The summed E-state index contributed by atoms with van der Waals surface area (Å²) in [5.74, 6) is -0.00173. The molecule has 19 heavy (non-hydrogen) atoms. The van der Waals surface area contributed by atoms with E-state index in [1.54, 1.807) is 12.1 Å². The number of aromatic nitrogens is 1. The van der Waals surface area contributed by atoms with Crippen LogP contribution in [0.15, 0.2) is 36.5 Å². The predicted octanol–water partition coefficient (Wildman–Crippen LogP) is 3.17. The van der Waals surface area contributed by atoms with Gasteiger partial charge in [0.15, 0.2) is 0 Å². The van der Waals surface area contributed by atoms with Crippen molar-refractivity contribution in [3.05, 3.63) is 47.9 Å². The average Bonchev–Trinajstić information content (AvgIpc) is 2.38. The Hall–Kier alpha value is -1.94. The SMILES string of the molecule is CC(C)Oc1cc(F)cnc1-c1ccc(CO)cc1. The molecule has 4 heteroatoms. The van der Waals surface area contributed by atoms with Crippen LogP contribution in [-0.4, -0.2) is 16.2 Å². The minimum absolute atomic E-state index is 0.00746. The highest BCUT2D eigenvalue weighted by Gasteiger charge is 2.11. The lowest BCUT2D eigenvalue weighted by molar-refractivity contribution is 0.241. The smallest absolute Gasteiger partial charge is 0.148 e. The van der Waals surface area contributed by atoms with Gasteiger partial charge in [-0.15, -0.1) is 0 Å². The molecule has 0 aliphatic rings. The van der Waals surface area contributed by atoms with Crippen molar-refractivity contribution < 1.29 is 14.2 Å². The van der Waals surface area contributed by atoms with E-state index in [-0.39, 0.29) is 12.7 Å². The van der Waals surface area contributed by atoms with Crippen LogP contribution < -0.4 is 4.74 Å². The van der Waals surface area contributed by atoms with E-state index in [9.17, 15) is 4.39 Å². The zero-order valence-electron chi connectivity index (χ0n) is 10.9. The Balaban J connectivity index is 2.41. The zero-order valence-corrected chi connectivity index (χ0v) is 10.9. The Bertz CT molecular complexity index is 553. The normalized spacial score (nSPS) is 10.8. The van der Waals surface area contributed by atoms with E-state index in [1.165, 1.54) is 12.3 Å². The molecule has 2 rings (SSSR count). The Morgan fingerprint density at radius 3 is 2.53 bits per heavy atom. The molecule has 0 radical (unpaired) electrons. The molecule has 0 atom stereocenters. The van der Waals surface area contributed by atoms with Gasteiger partial charge in [-0.2, -0.15) is 0 Å². The van der Waals surface area contributed by atoms with Crippen LogP contribution in [0.25, 0.3) is 11.3 Å². The number of rotatable bonds is 4. The van der Waals surface area contributed by atoms with Gasteiger partial charge >= 0.3 is 0 Å². The topological polar surface area (TPSA) is 42.4 Å². The van der Waals surface area contributed by atoms with Crippen molar-refractivity contribution in [1.29, 1.82) is 0 Å². The van der Waals surface area contributed by atoms with E-state index in [4.69, 9.17) is 9.84 Å². The summed E-state index contributed by atoms with van der Waals surface area (Å²) in [5.41, 5.74) is 2.24. The highest BCUT2D eigenvalue weighted by Crippen LogP contribution is 2.29. The Kier molecular flexibility index (Phi) is 4.12. The highest BCUT2D eigenvalue weighted by molar-refractivity contribution is 5.66. The summed E-state index contributed by atoms with van der Waals surface area (Å²) in [5, 5.41) is 9.02. The monoisotopic (exact) mass is 261 g/mol. The number of hydrogen-bond donors (Lipinski definition) is 1. The fourth-order valence-corrected chi connectivity index (χ4v) is 1.75. The first-order valence-corrected chi connectivity index (χ1v) is 6.12. The molecule has 1 heterocycles. The van der Waals surface area contributed by atoms with Crippen LogP contribution in [0.4, 0.5) is 4.39 Å². The van der Waals surface area contributed by atoms with Gasteiger partial charge in [0.05, 0.1) is 18.9 Å². The molecule has 100 valence electrons. The van der Waals surface area contributed by atoms with Gasteiger partial charge in [-0.05, 0) is 19.4 Å². The van der Waals surface area contributed by atoms with Gasteiger partial charge in [-0.3, -0.25) is 0 Å². The summed E-state index contributed by atoms with van der Waals surface area (Å²) in [7, 11) is 0. The molecular weight excluding hydrogens is 245 g/mol. The molecule has 0 unspecified atom stereocenters. The lowest BCUT2D eigenvalue weighted by Crippen LogP contribution is -2.07. The molecule has 0 saturated carbocycles. The molecule has 0 saturated heterocycles. The first-order chi connectivity index (χ1) is 9.10. The largest absolute Gasteiger partial charge is 0.489 e. The number of halogens is 1. The van der Waals surface area contributed by atoms with Crippen LogP contribution in [0, 0.1) is 5.82 Å². The number of hydrogen-bond acceptors (Lipinski definition) is 3. The second-order valence-electron chi connectivity index (χ2n) is 4.52. The molecule has 2 aromatic rings. The van der Waals surface area contributed by atoms with Crippen LogP contribution in [0.1, 0.15) is 19.4 Å². The molecule has 1 aromatic heterocycles. The van der Waals surface area contributed by atoms with E-state index < -0.39 is 5.82 Å². The van der Waals surface area contributed by atoms with Crippen molar-refractivity contribution in [1.82, 2.24) is 4.98 Å². The summed E-state index contributed by atoms with van der Waals surface area (Å²) in [6.45, 7) is 3.75. The van der Waals surface area contributed by atoms with E-state index >= 15 is 0 Å². The van der Waals surface area contributed by atoms with E-state index in [0.717, 1.165) is 11.1 Å². The summed E-state index contributed by atoms with van der Waals surface area (Å²) in [4.78, 5) is 4.09. The molecule has 0 bridgehead atoms. The minimum Gasteiger partial charge on any atom is -0.489 e. The van der Waals surface area contributed by atoms with E-state index in [1.807, 2.05) is 26.0 Å². The van der Waals surface area contributed by atoms with Crippen molar-refractivity contribution in [3.63, 3.8) is 0 Å². The molecule has 0 aliphatic heterocycles. The maximum Gasteiger partial charge on any atom is 0.148 e. The Labute approximate surface area is 111 Å². The van der Waals surface area contributed by atoms with Crippen LogP contribution in [-0.2, 0) is 6.61 Å². The summed E-state index contributed by atoms with van der Waals surface area (Å²) >= 11 is 0. The molecule has 0 aliphatic carbocycles. The number of ether oxygens (including phenoxy) is 1. The molecule has 1 N–H and O–H groups in total. The molecule has 0 amide bonds. The second kappa shape index (κ2) is 5.80. The first kappa shape index (κ1) is 13.5. The lowest BCUT2D eigenvalue weighted by atomic mass is 10.1. The van der Waals surface area contributed by atoms with Crippen molar-refractivity contribution in [2.24, 2.45) is 0 Å². The number of nitrogens with zero attached hydrogens (tertiary/aromatic N) is 1. The van der Waals surface area contributed by atoms with Crippen LogP contribution in [0.5, 0.6) is 5.75 Å². The van der Waals surface area contributed by atoms with Gasteiger partial charge in [0, 0.05) is 11.6 Å². The maximum atomic E-state index is 13.3. The number of pyridine rings is 1. The second-order valence-corrected chi connectivity index (χ2v) is 4.52. The quantitative estimate of drug-likeness (QED) is 0.919. The fourth-order valence-electron chi connectivity index (χ4n) is 1.75. The van der Waals surface area contributed by atoms with Crippen molar-refractivity contribution in [3.8, 4) is 17.0 Å². The minimum atomic E-state index is -0.425. The van der Waals surface area contributed by atoms with Crippen molar-refractivity contribution >= 4 is 0 Å². The van der Waals surface area contributed by atoms with E-state index in [2.05, 4.69) is 4.98 Å². The average molecular weight is 261 g/mol. The van der Waals surface area contributed by atoms with Crippen molar-refractivity contribution in [2.75, 3.05) is 0 Å². The van der Waals surface area contributed by atoms with Gasteiger partial charge in [0.2, 0.25) is 0 Å². The van der Waals surface area contributed by atoms with Gasteiger partial charge in [0.25, 0.3) is 0 Å². The molecule has 0 fully saturated rings. The van der Waals surface area contributed by atoms with Crippen LogP contribution in [0.3, 0.4) is 0 Å². The van der Waals surface area contributed by atoms with E-state index in [0.29, 0.717) is 11.4 Å². The molecule has 3 nitrogen and oxygen atoms in total. The first-order valence-electron chi connectivity index (χ1n) is 6.12. The van der Waals surface area contributed by atoms with Crippen LogP contribution >= 0.6 is 0 Å². The van der Waals surface area contributed by atoms with Gasteiger partial charge in [-0.25, -0.2) is 9.37 Å². The third-order valence-corrected chi connectivity index (χ3v) is 2.59. The summed E-state index contributed by atoms with van der Waals surface area (Å²) in [6, 6.07) is 8.61. The molecule has 0 spiro atoms. The maximum absolute atomic E-state index is 13.3. The third kappa shape index (κ3) is 3.29. The predicted molar refractivity (Wildman–Crippen MR) is 71.3 cm³/mol. The number of aliphatic hydroxyl groups excluding tert-OH is 1. The molecule has 1 aromatic carbocycles. The van der Waals surface area contributed by atoms with Gasteiger partial charge in [0.1, 0.15) is 17.3 Å². The van der Waals surface area contributed by atoms with Crippen LogP contribution in [0.2, 0.25) is 0 Å². The highest BCUT2D eigenvalue weighted by atomic mass is 19.1. The Morgan fingerprint density at radius 2 is 1.95 bits per heavy atom. The summed E-state index contributed by atoms with van der Waals surface area (Å²) < 4.78 is 18.8. The van der Waals surface area contributed by atoms with Crippen molar-refractivity contribution in [2.45, 2.75) is 26.6 Å². The molecular formula is C15H16FNO2. The standard InChI is InChI=1S/C15H16FNO2/c1-10(2)19-14-7-13(16)8-17-15(14)12-5-3-11(9-18)4-6-12/h3-8,10,18H,9H2,1-2H3. The zero-order chi connectivity index (χ0) is 13.8. The number of aliphatic hydroxyl groups is 1.